The average Bonchev–Trinajstić information content (AvgIpc) is 3.21. The molecule has 1 heterocycles. The Morgan fingerprint density at radius 1 is 1.25 bits per heavy atom. The Kier molecular flexibility index (Phi) is 4.45. The maximum Gasteiger partial charge on any atom is 0.108 e. The summed E-state index contributed by atoms with van der Waals surface area (Å²) in [7, 11) is 2.12. The second-order valence-corrected chi connectivity index (χ2v) is 6.95. The summed E-state index contributed by atoms with van der Waals surface area (Å²) >= 11 is 0. The lowest BCUT2D eigenvalue weighted by Gasteiger charge is -2.36. The monoisotopic (exact) mass is 275 g/mol. The molecule has 0 spiro atoms. The molecule has 3 heteroatoms. The van der Waals surface area contributed by atoms with Crippen LogP contribution in [0.4, 0.5) is 0 Å². The van der Waals surface area contributed by atoms with Crippen LogP contribution >= 0.6 is 0 Å². The van der Waals surface area contributed by atoms with Crippen LogP contribution in [0.1, 0.15) is 51.3 Å². The summed E-state index contributed by atoms with van der Waals surface area (Å²) in [5.74, 6) is 3.89. The Bertz CT molecular complexity index is 422. The van der Waals surface area contributed by atoms with Gasteiger partial charge in [-0.15, -0.1) is 0 Å². The zero-order valence-corrected chi connectivity index (χ0v) is 13.0. The number of nitrogens with one attached hydrogen (secondary N) is 1. The van der Waals surface area contributed by atoms with E-state index in [2.05, 4.69) is 35.0 Å². The summed E-state index contributed by atoms with van der Waals surface area (Å²) in [5, 5.41) is 3.76. The predicted octanol–water partition coefficient (Wildman–Crippen LogP) is 3.16. The maximum absolute atomic E-state index is 4.55. The molecule has 0 aliphatic heterocycles. The van der Waals surface area contributed by atoms with Crippen molar-refractivity contribution in [2.24, 2.45) is 24.8 Å². The Hall–Kier alpha value is -0.830. The quantitative estimate of drug-likeness (QED) is 0.864. The first-order valence-electron chi connectivity index (χ1n) is 8.45. The first-order valence-corrected chi connectivity index (χ1v) is 8.45. The molecule has 2 aliphatic rings. The van der Waals surface area contributed by atoms with Crippen molar-refractivity contribution >= 4 is 0 Å². The molecule has 1 N–H and O–H groups in total. The minimum atomic E-state index is 0.820. The molecule has 1 aromatic heterocycles. The van der Waals surface area contributed by atoms with Crippen LogP contribution in [0, 0.1) is 17.8 Å². The van der Waals surface area contributed by atoms with E-state index >= 15 is 0 Å². The molecule has 2 saturated carbocycles. The summed E-state index contributed by atoms with van der Waals surface area (Å²) < 4.78 is 2.20. The molecule has 3 nitrogen and oxygen atoms in total. The number of imidazole rings is 1. The highest BCUT2D eigenvalue weighted by Crippen LogP contribution is 2.37. The molecule has 112 valence electrons. The van der Waals surface area contributed by atoms with Crippen LogP contribution in [-0.2, 0) is 13.5 Å². The number of rotatable bonds is 6. The Labute approximate surface area is 123 Å². The lowest BCUT2D eigenvalue weighted by Crippen LogP contribution is -2.35. The first-order chi connectivity index (χ1) is 9.76. The van der Waals surface area contributed by atoms with Gasteiger partial charge in [0, 0.05) is 31.9 Å². The third-order valence-electron chi connectivity index (χ3n) is 5.44. The molecule has 0 saturated heterocycles. The minimum Gasteiger partial charge on any atom is -0.338 e. The van der Waals surface area contributed by atoms with Gasteiger partial charge in [0.2, 0.25) is 0 Å². The zero-order valence-electron chi connectivity index (χ0n) is 13.0. The summed E-state index contributed by atoms with van der Waals surface area (Å²) in [5.41, 5.74) is 0. The highest BCUT2D eigenvalue weighted by molar-refractivity contribution is 4.96. The van der Waals surface area contributed by atoms with Crippen molar-refractivity contribution in [3.63, 3.8) is 0 Å². The van der Waals surface area contributed by atoms with Gasteiger partial charge in [-0.3, -0.25) is 0 Å². The standard InChI is InChI=1S/C17H29N3/c1-3-13-4-5-14(12-19-16-6-7-16)15(10-13)11-17-18-8-9-20(17)2/h8-9,13-16,19H,3-7,10-12H2,1-2H3. The molecule has 0 amide bonds. The molecule has 3 atom stereocenters. The highest BCUT2D eigenvalue weighted by atomic mass is 15.0. The van der Waals surface area contributed by atoms with Gasteiger partial charge < -0.3 is 9.88 Å². The number of nitrogens with zero attached hydrogens (tertiary/aromatic N) is 2. The van der Waals surface area contributed by atoms with Gasteiger partial charge in [-0.05, 0) is 50.0 Å². The van der Waals surface area contributed by atoms with Gasteiger partial charge in [0.25, 0.3) is 0 Å². The van der Waals surface area contributed by atoms with Gasteiger partial charge in [-0.25, -0.2) is 4.98 Å². The fourth-order valence-electron chi connectivity index (χ4n) is 3.75. The molecule has 1 aromatic rings. The van der Waals surface area contributed by atoms with Gasteiger partial charge in [-0.1, -0.05) is 19.8 Å². The van der Waals surface area contributed by atoms with Gasteiger partial charge in [0.15, 0.2) is 0 Å². The lowest BCUT2D eigenvalue weighted by atomic mass is 9.71. The second kappa shape index (κ2) is 6.30. The van der Waals surface area contributed by atoms with Crippen LogP contribution in [-0.4, -0.2) is 22.1 Å². The molecule has 3 unspecified atom stereocenters. The normalized spacial score (nSPS) is 30.6. The van der Waals surface area contributed by atoms with Crippen molar-refractivity contribution in [2.75, 3.05) is 6.54 Å². The molecule has 3 rings (SSSR count). The molecule has 0 bridgehead atoms. The van der Waals surface area contributed by atoms with Crippen molar-refractivity contribution in [2.45, 2.75) is 57.9 Å². The highest BCUT2D eigenvalue weighted by Gasteiger charge is 2.32. The van der Waals surface area contributed by atoms with Crippen LogP contribution in [0.3, 0.4) is 0 Å². The average molecular weight is 275 g/mol. The first kappa shape index (κ1) is 14.1. The number of hydrogen-bond acceptors (Lipinski definition) is 2. The Morgan fingerprint density at radius 2 is 2.10 bits per heavy atom. The van der Waals surface area contributed by atoms with E-state index in [1.165, 1.54) is 50.9 Å². The maximum atomic E-state index is 4.55. The van der Waals surface area contributed by atoms with Gasteiger partial charge in [0.05, 0.1) is 0 Å². The van der Waals surface area contributed by atoms with E-state index in [-0.39, 0.29) is 0 Å². The van der Waals surface area contributed by atoms with Crippen molar-refractivity contribution in [3.05, 3.63) is 18.2 Å². The second-order valence-electron chi connectivity index (χ2n) is 6.95. The zero-order chi connectivity index (χ0) is 13.9. The minimum absolute atomic E-state index is 0.820. The van der Waals surface area contributed by atoms with Crippen molar-refractivity contribution in [1.82, 2.24) is 14.9 Å². The Balaban J connectivity index is 1.62. The van der Waals surface area contributed by atoms with E-state index in [1.807, 2.05) is 6.20 Å². The fourth-order valence-corrected chi connectivity index (χ4v) is 3.75. The van der Waals surface area contributed by atoms with Crippen LogP contribution in [0.5, 0.6) is 0 Å². The van der Waals surface area contributed by atoms with E-state index in [1.54, 1.807) is 0 Å². The summed E-state index contributed by atoms with van der Waals surface area (Å²) in [6.07, 6.45) is 13.6. The smallest absolute Gasteiger partial charge is 0.108 e. The van der Waals surface area contributed by atoms with E-state index < -0.39 is 0 Å². The summed E-state index contributed by atoms with van der Waals surface area (Å²) in [6, 6.07) is 0.840. The molecule has 0 aromatic carbocycles. The number of aromatic nitrogens is 2. The van der Waals surface area contributed by atoms with E-state index in [9.17, 15) is 0 Å². The third-order valence-corrected chi connectivity index (χ3v) is 5.44. The molecule has 2 fully saturated rings. The summed E-state index contributed by atoms with van der Waals surface area (Å²) in [4.78, 5) is 4.55. The lowest BCUT2D eigenvalue weighted by molar-refractivity contribution is 0.168. The van der Waals surface area contributed by atoms with Gasteiger partial charge in [0.1, 0.15) is 5.82 Å². The van der Waals surface area contributed by atoms with Crippen molar-refractivity contribution in [1.29, 1.82) is 0 Å². The van der Waals surface area contributed by atoms with Crippen LogP contribution in [0.2, 0.25) is 0 Å². The molecule has 2 aliphatic carbocycles. The number of aryl methyl sites for hydroxylation is 1. The largest absolute Gasteiger partial charge is 0.338 e. The van der Waals surface area contributed by atoms with E-state index in [0.717, 1.165) is 30.2 Å². The third kappa shape index (κ3) is 3.43. The van der Waals surface area contributed by atoms with Crippen molar-refractivity contribution < 1.29 is 0 Å². The van der Waals surface area contributed by atoms with Crippen LogP contribution in [0.25, 0.3) is 0 Å². The fraction of sp³-hybridized carbons (Fsp3) is 0.824. The van der Waals surface area contributed by atoms with Gasteiger partial charge >= 0.3 is 0 Å². The van der Waals surface area contributed by atoms with Gasteiger partial charge in [-0.2, -0.15) is 0 Å². The topological polar surface area (TPSA) is 29.9 Å². The van der Waals surface area contributed by atoms with E-state index in [4.69, 9.17) is 0 Å². The number of hydrogen-bond donors (Lipinski definition) is 1. The SMILES string of the molecule is CCC1CCC(CNC2CC2)C(Cc2nccn2C)C1. The molecule has 20 heavy (non-hydrogen) atoms. The van der Waals surface area contributed by atoms with E-state index in [0.29, 0.717) is 0 Å². The van der Waals surface area contributed by atoms with Crippen molar-refractivity contribution in [3.8, 4) is 0 Å². The van der Waals surface area contributed by atoms with Crippen LogP contribution < -0.4 is 5.32 Å². The summed E-state index contributed by atoms with van der Waals surface area (Å²) in [6.45, 7) is 3.58. The molecular formula is C17H29N3. The van der Waals surface area contributed by atoms with Crippen LogP contribution in [0.15, 0.2) is 12.4 Å². The molecular weight excluding hydrogens is 246 g/mol. The molecule has 0 radical (unpaired) electrons. The predicted molar refractivity (Wildman–Crippen MR) is 82.5 cm³/mol. The Morgan fingerprint density at radius 3 is 2.75 bits per heavy atom.